The van der Waals surface area contributed by atoms with E-state index < -0.39 is 0 Å². The number of rotatable bonds is 3. The molecule has 0 radical (unpaired) electrons. The molecule has 4 N–H and O–H groups in total. The monoisotopic (exact) mass is 192 g/mol. The number of nitrogens with two attached hydrogens (primary N) is 1. The Labute approximate surface area is 84.1 Å². The number of nitrogens with one attached hydrogen (secondary N) is 2. The average Bonchev–Trinajstić information content (AvgIpc) is 2.67. The van der Waals surface area contributed by atoms with Crippen LogP contribution in [0, 0.1) is 0 Å². The first-order chi connectivity index (χ1) is 6.88. The van der Waals surface area contributed by atoms with Gasteiger partial charge < -0.3 is 11.2 Å². The minimum atomic E-state index is 0.544. The lowest BCUT2D eigenvalue weighted by Gasteiger charge is -2.18. The summed E-state index contributed by atoms with van der Waals surface area (Å²) in [6, 6.07) is 0. The molecular formula is C10H16N4. The van der Waals surface area contributed by atoms with Crippen molar-refractivity contribution in [3.63, 3.8) is 0 Å². The molecule has 0 aromatic carbocycles. The third kappa shape index (κ3) is 2.16. The van der Waals surface area contributed by atoms with Gasteiger partial charge in [-0.3, -0.25) is 5.01 Å². The van der Waals surface area contributed by atoms with Crippen molar-refractivity contribution in [3.05, 3.63) is 35.7 Å². The molecule has 2 aliphatic rings. The van der Waals surface area contributed by atoms with Gasteiger partial charge in [-0.25, -0.2) is 0 Å². The molecule has 0 saturated heterocycles. The van der Waals surface area contributed by atoms with Crippen LogP contribution in [0.25, 0.3) is 0 Å². The van der Waals surface area contributed by atoms with Crippen LogP contribution in [0.1, 0.15) is 12.8 Å². The molecule has 1 heterocycles. The minimum Gasteiger partial charge on any atom is -0.325 e. The third-order valence-electron chi connectivity index (χ3n) is 2.37. The molecule has 0 aromatic rings. The molecular weight excluding hydrogens is 176 g/mol. The highest BCUT2D eigenvalue weighted by Crippen LogP contribution is 2.13. The second kappa shape index (κ2) is 4.30. The fraction of sp³-hybridized carbons (Fsp3) is 0.400. The number of nitrogens with zero attached hydrogens (tertiary/aromatic N) is 1. The standard InChI is InChI=1S/C10H16N4/c11-6-10-8-14(13-12-10)7-9-4-2-1-3-5-9/h1-2,4,8,12-13H,3,5-7,11H2. The summed E-state index contributed by atoms with van der Waals surface area (Å²) in [4.78, 5) is 0. The van der Waals surface area contributed by atoms with E-state index in [-0.39, 0.29) is 0 Å². The summed E-state index contributed by atoms with van der Waals surface area (Å²) in [5, 5.41) is 2.02. The Hall–Kier alpha value is -1.26. The smallest absolute Gasteiger partial charge is 0.0589 e. The second-order valence-electron chi connectivity index (χ2n) is 3.51. The van der Waals surface area contributed by atoms with Gasteiger partial charge in [0.15, 0.2) is 0 Å². The van der Waals surface area contributed by atoms with E-state index in [1.807, 2.05) is 11.2 Å². The topological polar surface area (TPSA) is 53.3 Å². The van der Waals surface area contributed by atoms with Crippen molar-refractivity contribution in [3.8, 4) is 0 Å². The number of hydrogen-bond acceptors (Lipinski definition) is 4. The zero-order valence-electron chi connectivity index (χ0n) is 8.16. The predicted octanol–water partition coefficient (Wildman–Crippen LogP) is 0.388. The van der Waals surface area contributed by atoms with Gasteiger partial charge in [0.05, 0.1) is 12.2 Å². The molecule has 0 amide bonds. The van der Waals surface area contributed by atoms with E-state index >= 15 is 0 Å². The first kappa shape index (κ1) is 9.30. The Morgan fingerprint density at radius 2 is 2.43 bits per heavy atom. The van der Waals surface area contributed by atoms with E-state index in [4.69, 9.17) is 5.73 Å². The molecule has 14 heavy (non-hydrogen) atoms. The zero-order valence-corrected chi connectivity index (χ0v) is 8.16. The van der Waals surface area contributed by atoms with Gasteiger partial charge in [-0.2, -0.15) is 0 Å². The van der Waals surface area contributed by atoms with Crippen LogP contribution in [-0.4, -0.2) is 18.1 Å². The highest BCUT2D eigenvalue weighted by molar-refractivity contribution is 5.19. The Bertz CT molecular complexity index is 290. The van der Waals surface area contributed by atoms with Crippen LogP contribution in [0.2, 0.25) is 0 Å². The molecule has 0 atom stereocenters. The first-order valence-electron chi connectivity index (χ1n) is 4.92. The van der Waals surface area contributed by atoms with Gasteiger partial charge in [0, 0.05) is 12.7 Å². The van der Waals surface area contributed by atoms with Crippen LogP contribution < -0.4 is 16.7 Å². The summed E-state index contributed by atoms with van der Waals surface area (Å²) in [5.41, 5.74) is 14.0. The maximum Gasteiger partial charge on any atom is 0.0589 e. The molecule has 0 bridgehead atoms. The Morgan fingerprint density at radius 1 is 1.50 bits per heavy atom. The van der Waals surface area contributed by atoms with E-state index in [2.05, 4.69) is 29.2 Å². The number of hydrazine groups is 2. The number of hydrogen-bond donors (Lipinski definition) is 3. The quantitative estimate of drug-likeness (QED) is 0.605. The molecule has 1 aliphatic heterocycles. The van der Waals surface area contributed by atoms with Gasteiger partial charge in [0.25, 0.3) is 0 Å². The van der Waals surface area contributed by atoms with Gasteiger partial charge in [0.2, 0.25) is 0 Å². The van der Waals surface area contributed by atoms with Crippen LogP contribution in [0.5, 0.6) is 0 Å². The van der Waals surface area contributed by atoms with Gasteiger partial charge >= 0.3 is 0 Å². The third-order valence-corrected chi connectivity index (χ3v) is 2.37. The van der Waals surface area contributed by atoms with Crippen molar-refractivity contribution < 1.29 is 0 Å². The maximum absolute atomic E-state index is 5.51. The fourth-order valence-electron chi connectivity index (χ4n) is 1.59. The fourth-order valence-corrected chi connectivity index (χ4v) is 1.59. The molecule has 0 saturated carbocycles. The van der Waals surface area contributed by atoms with Gasteiger partial charge in [-0.1, -0.05) is 18.2 Å². The van der Waals surface area contributed by atoms with Crippen molar-refractivity contribution >= 4 is 0 Å². The molecule has 0 aromatic heterocycles. The Morgan fingerprint density at radius 3 is 3.07 bits per heavy atom. The normalized spacial score (nSPS) is 20.5. The molecule has 76 valence electrons. The van der Waals surface area contributed by atoms with Crippen molar-refractivity contribution in [2.45, 2.75) is 12.8 Å². The van der Waals surface area contributed by atoms with Gasteiger partial charge in [-0.05, 0) is 18.4 Å². The van der Waals surface area contributed by atoms with E-state index in [0.717, 1.165) is 25.1 Å². The lowest BCUT2D eigenvalue weighted by molar-refractivity contribution is 0.289. The SMILES string of the molecule is NCC1=CN(CC2=CC=CCC2)NN1. The number of allylic oxidation sites excluding steroid dienone is 3. The largest absolute Gasteiger partial charge is 0.325 e. The maximum atomic E-state index is 5.51. The minimum absolute atomic E-state index is 0.544. The van der Waals surface area contributed by atoms with Crippen LogP contribution in [0.4, 0.5) is 0 Å². The highest BCUT2D eigenvalue weighted by Gasteiger charge is 2.11. The van der Waals surface area contributed by atoms with Crippen LogP contribution in [-0.2, 0) is 0 Å². The van der Waals surface area contributed by atoms with E-state index in [1.165, 1.54) is 5.57 Å². The summed E-state index contributed by atoms with van der Waals surface area (Å²) >= 11 is 0. The molecule has 1 aliphatic carbocycles. The lowest BCUT2D eigenvalue weighted by Crippen LogP contribution is -2.38. The van der Waals surface area contributed by atoms with E-state index in [9.17, 15) is 0 Å². The molecule has 0 spiro atoms. The van der Waals surface area contributed by atoms with Gasteiger partial charge in [0.1, 0.15) is 0 Å². The highest BCUT2D eigenvalue weighted by atomic mass is 15.7. The summed E-state index contributed by atoms with van der Waals surface area (Å²) in [5.74, 6) is 0. The van der Waals surface area contributed by atoms with Crippen molar-refractivity contribution in [2.24, 2.45) is 5.73 Å². The average molecular weight is 192 g/mol. The first-order valence-corrected chi connectivity index (χ1v) is 4.92. The van der Waals surface area contributed by atoms with Crippen molar-refractivity contribution in [1.29, 1.82) is 0 Å². The zero-order chi connectivity index (χ0) is 9.80. The molecule has 4 heteroatoms. The summed E-state index contributed by atoms with van der Waals surface area (Å²) in [6.07, 6.45) is 10.8. The van der Waals surface area contributed by atoms with E-state index in [1.54, 1.807) is 0 Å². The van der Waals surface area contributed by atoms with E-state index in [0.29, 0.717) is 6.54 Å². The van der Waals surface area contributed by atoms with Crippen LogP contribution in [0.15, 0.2) is 35.7 Å². The lowest BCUT2D eigenvalue weighted by atomic mass is 10.1. The van der Waals surface area contributed by atoms with Crippen LogP contribution in [0.3, 0.4) is 0 Å². The summed E-state index contributed by atoms with van der Waals surface area (Å²) < 4.78 is 0. The second-order valence-corrected chi connectivity index (χ2v) is 3.51. The summed E-state index contributed by atoms with van der Waals surface area (Å²) in [6.45, 7) is 1.46. The van der Waals surface area contributed by atoms with Crippen LogP contribution >= 0.6 is 0 Å². The molecule has 0 unspecified atom stereocenters. The van der Waals surface area contributed by atoms with Crippen molar-refractivity contribution in [2.75, 3.05) is 13.1 Å². The predicted molar refractivity (Wildman–Crippen MR) is 56.6 cm³/mol. The molecule has 2 rings (SSSR count). The van der Waals surface area contributed by atoms with Crippen molar-refractivity contribution in [1.82, 2.24) is 16.0 Å². The Kier molecular flexibility index (Phi) is 2.86. The summed E-state index contributed by atoms with van der Waals surface area (Å²) in [7, 11) is 0. The van der Waals surface area contributed by atoms with Gasteiger partial charge in [-0.15, -0.1) is 5.53 Å². The Balaban J connectivity index is 1.89. The molecule has 4 nitrogen and oxygen atoms in total. The molecule has 0 fully saturated rings.